The van der Waals surface area contributed by atoms with Crippen LogP contribution in [-0.2, 0) is 6.18 Å². The molecule has 140 valence electrons. The molecular weight excluding hydrogens is 474 g/mol. The fraction of sp³-hybridized carbons (Fsp3) is 0.316. The van der Waals surface area contributed by atoms with Gasteiger partial charge in [0.15, 0.2) is 0 Å². The van der Waals surface area contributed by atoms with E-state index in [1.54, 1.807) is 23.9 Å². The molecule has 26 heavy (non-hydrogen) atoms. The van der Waals surface area contributed by atoms with Crippen LogP contribution in [-0.4, -0.2) is 23.5 Å². The Morgan fingerprint density at radius 2 is 1.73 bits per heavy atom. The number of alkyl halides is 3. The number of carbonyl (C=O) groups excluding carboxylic acids is 1. The molecule has 0 fully saturated rings. The van der Waals surface area contributed by atoms with Crippen molar-refractivity contribution < 1.29 is 18.0 Å². The van der Waals surface area contributed by atoms with Crippen LogP contribution in [0.3, 0.4) is 0 Å². The molecule has 1 amide bonds. The minimum Gasteiger partial charge on any atom is -0.346 e. The van der Waals surface area contributed by atoms with E-state index >= 15 is 0 Å². The number of amides is 1. The second-order valence-corrected chi connectivity index (χ2v) is 8.54. The molecule has 7 heteroatoms. The van der Waals surface area contributed by atoms with Gasteiger partial charge in [-0.25, -0.2) is 0 Å². The van der Waals surface area contributed by atoms with Crippen molar-refractivity contribution in [3.63, 3.8) is 0 Å². The lowest BCUT2D eigenvalue weighted by molar-refractivity contribution is -0.137. The van der Waals surface area contributed by atoms with E-state index in [2.05, 4.69) is 27.9 Å². The van der Waals surface area contributed by atoms with Gasteiger partial charge in [0, 0.05) is 14.9 Å². The van der Waals surface area contributed by atoms with Crippen LogP contribution in [0.1, 0.15) is 29.8 Å². The van der Waals surface area contributed by atoms with Gasteiger partial charge < -0.3 is 5.32 Å². The third kappa shape index (κ3) is 5.16. The van der Waals surface area contributed by atoms with Gasteiger partial charge in [-0.3, -0.25) is 4.79 Å². The van der Waals surface area contributed by atoms with Gasteiger partial charge in [0.05, 0.1) is 11.1 Å². The predicted molar refractivity (Wildman–Crippen MR) is 110 cm³/mol. The van der Waals surface area contributed by atoms with E-state index in [-0.39, 0.29) is 5.91 Å². The van der Waals surface area contributed by atoms with E-state index in [4.69, 9.17) is 0 Å². The zero-order valence-corrected chi connectivity index (χ0v) is 17.6. The molecule has 0 bridgehead atoms. The lowest BCUT2D eigenvalue weighted by atomic mass is 9.97. The highest BCUT2D eigenvalue weighted by Crippen LogP contribution is 2.33. The van der Waals surface area contributed by atoms with Crippen LogP contribution in [0.2, 0.25) is 0 Å². The summed E-state index contributed by atoms with van der Waals surface area (Å²) >= 11 is 3.71. The second kappa shape index (κ2) is 8.21. The van der Waals surface area contributed by atoms with Gasteiger partial charge in [0.1, 0.15) is 0 Å². The monoisotopic (exact) mass is 493 g/mol. The highest BCUT2D eigenvalue weighted by atomic mass is 127. The van der Waals surface area contributed by atoms with Crippen LogP contribution in [0.15, 0.2) is 42.5 Å². The number of rotatable bonds is 5. The molecule has 1 N–H and O–H groups in total. The standard InChI is InChI=1S/C19H19F3INOS/c1-18(2,11-26-3)24-17(25)16-14(5-4-6-15(16)23)12-7-9-13(10-8-12)19(20,21)22/h4-10H,11H2,1-3H3,(H,24,25). The van der Waals surface area contributed by atoms with Gasteiger partial charge in [0.2, 0.25) is 0 Å². The SMILES string of the molecule is CSCC(C)(C)NC(=O)c1c(I)cccc1-c1ccc(C(F)(F)F)cc1. The van der Waals surface area contributed by atoms with Crippen LogP contribution in [0.25, 0.3) is 11.1 Å². The Labute approximate surface area is 169 Å². The van der Waals surface area contributed by atoms with E-state index in [1.165, 1.54) is 12.1 Å². The molecule has 2 aromatic carbocycles. The first kappa shape index (κ1) is 21.1. The number of benzene rings is 2. The molecule has 0 aliphatic rings. The first-order valence-corrected chi connectivity index (χ1v) is 10.3. The number of hydrogen-bond acceptors (Lipinski definition) is 2. The summed E-state index contributed by atoms with van der Waals surface area (Å²) in [7, 11) is 0. The van der Waals surface area contributed by atoms with Gasteiger partial charge >= 0.3 is 6.18 Å². The minimum atomic E-state index is -4.38. The third-order valence-corrected chi connectivity index (χ3v) is 5.63. The van der Waals surface area contributed by atoms with Crippen molar-refractivity contribution >= 4 is 40.3 Å². The summed E-state index contributed by atoms with van der Waals surface area (Å²) in [4.78, 5) is 12.9. The quantitative estimate of drug-likeness (QED) is 0.530. The van der Waals surface area contributed by atoms with Crippen LogP contribution in [0, 0.1) is 3.57 Å². The lowest BCUT2D eigenvalue weighted by Crippen LogP contribution is -2.45. The number of thioether (sulfide) groups is 1. The summed E-state index contributed by atoms with van der Waals surface area (Å²) in [5.74, 6) is 0.515. The lowest BCUT2D eigenvalue weighted by Gasteiger charge is -2.26. The van der Waals surface area contributed by atoms with Crippen molar-refractivity contribution in [3.8, 4) is 11.1 Å². The molecule has 0 aromatic heterocycles. The molecule has 0 saturated heterocycles. The average molecular weight is 493 g/mol. The summed E-state index contributed by atoms with van der Waals surface area (Å²) < 4.78 is 39.1. The molecule has 2 nitrogen and oxygen atoms in total. The smallest absolute Gasteiger partial charge is 0.346 e. The number of carbonyl (C=O) groups is 1. The van der Waals surface area contributed by atoms with Crippen molar-refractivity contribution in [2.24, 2.45) is 0 Å². The fourth-order valence-corrected chi connectivity index (χ4v) is 4.14. The van der Waals surface area contributed by atoms with Crippen LogP contribution >= 0.6 is 34.4 Å². The molecule has 0 spiro atoms. The summed E-state index contributed by atoms with van der Waals surface area (Å²) in [6.07, 6.45) is -2.42. The zero-order chi connectivity index (χ0) is 19.5. The maximum Gasteiger partial charge on any atom is 0.416 e. The summed E-state index contributed by atoms with van der Waals surface area (Å²) in [6.45, 7) is 3.88. The Bertz CT molecular complexity index is 788. The van der Waals surface area contributed by atoms with E-state index < -0.39 is 17.3 Å². The van der Waals surface area contributed by atoms with Gasteiger partial charge in [-0.1, -0.05) is 24.3 Å². The normalized spacial score (nSPS) is 12.1. The maximum atomic E-state index is 12.9. The molecule has 2 aromatic rings. The van der Waals surface area contributed by atoms with Gasteiger partial charge in [0.25, 0.3) is 5.91 Å². The van der Waals surface area contributed by atoms with E-state index in [1.807, 2.05) is 26.2 Å². The molecule has 2 rings (SSSR count). The van der Waals surface area contributed by atoms with Crippen molar-refractivity contribution in [1.82, 2.24) is 5.32 Å². The first-order chi connectivity index (χ1) is 12.0. The van der Waals surface area contributed by atoms with Crippen LogP contribution in [0.4, 0.5) is 13.2 Å². The Balaban J connectivity index is 2.42. The van der Waals surface area contributed by atoms with Crippen molar-refractivity contribution in [2.45, 2.75) is 25.6 Å². The summed E-state index contributed by atoms with van der Waals surface area (Å²) in [6, 6.07) is 10.2. The van der Waals surface area contributed by atoms with E-state index in [0.29, 0.717) is 16.7 Å². The Morgan fingerprint density at radius 1 is 1.12 bits per heavy atom. The molecule has 0 aliphatic heterocycles. The van der Waals surface area contributed by atoms with Gasteiger partial charge in [-0.15, -0.1) is 0 Å². The van der Waals surface area contributed by atoms with E-state index in [0.717, 1.165) is 21.5 Å². The predicted octanol–water partition coefficient (Wildman–Crippen LogP) is 5.85. The van der Waals surface area contributed by atoms with Crippen LogP contribution < -0.4 is 5.32 Å². The van der Waals surface area contributed by atoms with Crippen molar-refractivity contribution in [3.05, 3.63) is 57.2 Å². The Kier molecular flexibility index (Phi) is 6.65. The number of halogens is 4. The number of hydrogen-bond donors (Lipinski definition) is 1. The summed E-state index contributed by atoms with van der Waals surface area (Å²) in [5, 5.41) is 3.02. The molecule has 0 radical (unpaired) electrons. The van der Waals surface area contributed by atoms with Gasteiger partial charge in [-0.05, 0) is 72.0 Å². The molecule has 0 aliphatic carbocycles. The molecule has 0 heterocycles. The molecular formula is C19H19F3INOS. The van der Waals surface area contributed by atoms with Crippen molar-refractivity contribution in [1.29, 1.82) is 0 Å². The first-order valence-electron chi connectivity index (χ1n) is 7.83. The molecule has 0 atom stereocenters. The Hall–Kier alpha value is -1.22. The molecule has 0 saturated carbocycles. The maximum absolute atomic E-state index is 12.9. The Morgan fingerprint density at radius 3 is 2.27 bits per heavy atom. The highest BCUT2D eigenvalue weighted by molar-refractivity contribution is 14.1. The third-order valence-electron chi connectivity index (χ3n) is 3.72. The second-order valence-electron chi connectivity index (χ2n) is 6.51. The summed E-state index contributed by atoms with van der Waals surface area (Å²) in [5.41, 5.74) is 0.556. The zero-order valence-electron chi connectivity index (χ0n) is 14.6. The van der Waals surface area contributed by atoms with Crippen molar-refractivity contribution in [2.75, 3.05) is 12.0 Å². The van der Waals surface area contributed by atoms with E-state index in [9.17, 15) is 18.0 Å². The largest absolute Gasteiger partial charge is 0.416 e. The highest BCUT2D eigenvalue weighted by Gasteiger charge is 2.30. The minimum absolute atomic E-state index is 0.232. The number of nitrogens with one attached hydrogen (secondary N) is 1. The van der Waals surface area contributed by atoms with Crippen LogP contribution in [0.5, 0.6) is 0 Å². The van der Waals surface area contributed by atoms with Gasteiger partial charge in [-0.2, -0.15) is 24.9 Å². The fourth-order valence-electron chi connectivity index (χ4n) is 2.60. The average Bonchev–Trinajstić information content (AvgIpc) is 2.53. The molecule has 0 unspecified atom stereocenters. The topological polar surface area (TPSA) is 29.1 Å².